The molecule has 1 aromatic carbocycles. The van der Waals surface area contributed by atoms with Crippen molar-refractivity contribution in [2.75, 3.05) is 13.7 Å². The lowest BCUT2D eigenvalue weighted by Crippen LogP contribution is -2.30. The summed E-state index contributed by atoms with van der Waals surface area (Å²) in [6.45, 7) is 3.06. The highest BCUT2D eigenvalue weighted by atomic mass is 32.1. The van der Waals surface area contributed by atoms with Crippen LogP contribution in [0.25, 0.3) is 0 Å². The normalized spacial score (nSPS) is 10.3. The molecule has 20 heavy (non-hydrogen) atoms. The highest BCUT2D eigenvalue weighted by Gasteiger charge is 2.18. The average Bonchev–Trinajstić information content (AvgIpc) is 2.96. The second kappa shape index (κ2) is 6.43. The SMILES string of the molecule is CCN(Cc1cccs1)C(=O)c1ccc(OC)cc1O. The molecule has 0 spiro atoms. The highest BCUT2D eigenvalue weighted by molar-refractivity contribution is 7.09. The van der Waals surface area contributed by atoms with Gasteiger partial charge in [-0.15, -0.1) is 11.3 Å². The van der Waals surface area contributed by atoms with E-state index in [2.05, 4.69) is 0 Å². The predicted molar refractivity (Wildman–Crippen MR) is 79.4 cm³/mol. The van der Waals surface area contributed by atoms with Crippen LogP contribution in [-0.2, 0) is 6.54 Å². The highest BCUT2D eigenvalue weighted by Crippen LogP contribution is 2.25. The van der Waals surface area contributed by atoms with Crippen LogP contribution in [0, 0.1) is 0 Å². The van der Waals surface area contributed by atoms with E-state index in [1.165, 1.54) is 13.2 Å². The second-order valence-electron chi connectivity index (χ2n) is 4.28. The van der Waals surface area contributed by atoms with Gasteiger partial charge in [-0.25, -0.2) is 0 Å². The molecule has 5 heteroatoms. The first kappa shape index (κ1) is 14.4. The van der Waals surface area contributed by atoms with Gasteiger partial charge in [0.2, 0.25) is 0 Å². The summed E-state index contributed by atoms with van der Waals surface area (Å²) in [6, 6.07) is 8.67. The largest absolute Gasteiger partial charge is 0.507 e. The monoisotopic (exact) mass is 291 g/mol. The van der Waals surface area contributed by atoms with E-state index in [0.717, 1.165) is 4.88 Å². The number of methoxy groups -OCH3 is 1. The van der Waals surface area contributed by atoms with E-state index < -0.39 is 0 Å². The van der Waals surface area contributed by atoms with Gasteiger partial charge in [0, 0.05) is 17.5 Å². The minimum absolute atomic E-state index is 0.0565. The molecule has 1 amide bonds. The molecular weight excluding hydrogens is 274 g/mol. The van der Waals surface area contributed by atoms with Crippen molar-refractivity contribution in [1.82, 2.24) is 4.90 Å². The van der Waals surface area contributed by atoms with Crippen molar-refractivity contribution in [1.29, 1.82) is 0 Å². The number of ether oxygens (including phenoxy) is 1. The summed E-state index contributed by atoms with van der Waals surface area (Å²) < 4.78 is 5.02. The number of hydrogen-bond acceptors (Lipinski definition) is 4. The van der Waals surface area contributed by atoms with Crippen LogP contribution in [0.5, 0.6) is 11.5 Å². The molecule has 0 unspecified atom stereocenters. The number of aromatic hydroxyl groups is 1. The van der Waals surface area contributed by atoms with Crippen molar-refractivity contribution >= 4 is 17.2 Å². The Kier molecular flexibility index (Phi) is 4.63. The Labute approximate surface area is 122 Å². The molecule has 0 bridgehead atoms. The molecule has 0 aliphatic carbocycles. The Hall–Kier alpha value is -2.01. The number of carbonyl (C=O) groups is 1. The summed E-state index contributed by atoms with van der Waals surface area (Å²) in [7, 11) is 1.52. The van der Waals surface area contributed by atoms with Gasteiger partial charge in [-0.1, -0.05) is 6.07 Å². The third-order valence-corrected chi connectivity index (χ3v) is 3.89. The minimum atomic E-state index is -0.180. The van der Waals surface area contributed by atoms with E-state index >= 15 is 0 Å². The molecule has 0 aliphatic rings. The van der Waals surface area contributed by atoms with Gasteiger partial charge in [0.05, 0.1) is 19.2 Å². The smallest absolute Gasteiger partial charge is 0.257 e. The number of phenolic OH excluding ortho intramolecular Hbond substituents is 1. The van der Waals surface area contributed by atoms with E-state index in [9.17, 15) is 9.90 Å². The lowest BCUT2D eigenvalue weighted by molar-refractivity contribution is 0.0751. The third-order valence-electron chi connectivity index (χ3n) is 3.03. The summed E-state index contributed by atoms with van der Waals surface area (Å²) in [5.41, 5.74) is 0.296. The maximum absolute atomic E-state index is 12.5. The van der Waals surface area contributed by atoms with E-state index in [1.54, 1.807) is 28.4 Å². The molecule has 2 rings (SSSR count). The van der Waals surface area contributed by atoms with Gasteiger partial charge in [-0.2, -0.15) is 0 Å². The zero-order chi connectivity index (χ0) is 14.5. The molecule has 1 N–H and O–H groups in total. The Morgan fingerprint density at radius 3 is 2.75 bits per heavy atom. The Morgan fingerprint density at radius 2 is 2.20 bits per heavy atom. The summed E-state index contributed by atoms with van der Waals surface area (Å²) in [6.07, 6.45) is 0. The Bertz CT molecular complexity index is 581. The van der Waals surface area contributed by atoms with Crippen molar-refractivity contribution in [2.45, 2.75) is 13.5 Å². The van der Waals surface area contributed by atoms with Crippen molar-refractivity contribution in [3.05, 3.63) is 46.2 Å². The molecule has 0 radical (unpaired) electrons. The molecular formula is C15H17NO3S. The fourth-order valence-electron chi connectivity index (χ4n) is 1.91. The fourth-order valence-corrected chi connectivity index (χ4v) is 2.63. The van der Waals surface area contributed by atoms with Crippen LogP contribution in [0.2, 0.25) is 0 Å². The van der Waals surface area contributed by atoms with Crippen LogP contribution in [0.4, 0.5) is 0 Å². The van der Waals surface area contributed by atoms with Crippen molar-refractivity contribution in [3.63, 3.8) is 0 Å². The molecule has 0 aliphatic heterocycles. The topological polar surface area (TPSA) is 49.8 Å². The van der Waals surface area contributed by atoms with Crippen LogP contribution >= 0.6 is 11.3 Å². The Morgan fingerprint density at radius 1 is 1.40 bits per heavy atom. The second-order valence-corrected chi connectivity index (χ2v) is 5.31. The molecule has 0 saturated carbocycles. The maximum Gasteiger partial charge on any atom is 0.257 e. The van der Waals surface area contributed by atoms with Gasteiger partial charge in [0.25, 0.3) is 5.91 Å². The molecule has 4 nitrogen and oxygen atoms in total. The lowest BCUT2D eigenvalue weighted by Gasteiger charge is -2.20. The first-order valence-corrected chi connectivity index (χ1v) is 7.22. The number of carbonyl (C=O) groups excluding carboxylic acids is 1. The summed E-state index contributed by atoms with van der Waals surface area (Å²) >= 11 is 1.61. The quantitative estimate of drug-likeness (QED) is 0.920. The van der Waals surface area contributed by atoms with Crippen LogP contribution in [0.1, 0.15) is 22.2 Å². The van der Waals surface area contributed by atoms with Gasteiger partial charge >= 0.3 is 0 Å². The fraction of sp³-hybridized carbons (Fsp3) is 0.267. The van der Waals surface area contributed by atoms with Gasteiger partial charge in [0.1, 0.15) is 11.5 Å². The van der Waals surface area contributed by atoms with Crippen molar-refractivity contribution < 1.29 is 14.6 Å². The number of benzene rings is 1. The van der Waals surface area contributed by atoms with Crippen molar-refractivity contribution in [3.8, 4) is 11.5 Å². The number of phenols is 1. The van der Waals surface area contributed by atoms with E-state index in [0.29, 0.717) is 24.4 Å². The van der Waals surface area contributed by atoms with Gasteiger partial charge < -0.3 is 14.7 Å². The Balaban J connectivity index is 2.20. The molecule has 0 saturated heterocycles. The van der Waals surface area contributed by atoms with Crippen LogP contribution < -0.4 is 4.74 Å². The van der Waals surface area contributed by atoms with Gasteiger partial charge in [-0.05, 0) is 30.5 Å². The number of thiophene rings is 1. The molecule has 1 aromatic heterocycles. The molecule has 2 aromatic rings. The standard InChI is InChI=1S/C15H17NO3S/c1-3-16(10-12-5-4-8-20-12)15(18)13-7-6-11(19-2)9-14(13)17/h4-9,17H,3,10H2,1-2H3. The van der Waals surface area contributed by atoms with E-state index in [4.69, 9.17) is 4.74 Å². The molecule has 0 atom stereocenters. The summed E-state index contributed by atoms with van der Waals surface area (Å²) in [5.74, 6) is 0.292. The first-order valence-electron chi connectivity index (χ1n) is 6.34. The van der Waals surface area contributed by atoms with Crippen LogP contribution in [0.15, 0.2) is 35.7 Å². The lowest BCUT2D eigenvalue weighted by atomic mass is 10.1. The van der Waals surface area contributed by atoms with Gasteiger partial charge in [-0.3, -0.25) is 4.79 Å². The number of hydrogen-bond donors (Lipinski definition) is 1. The zero-order valence-corrected chi connectivity index (χ0v) is 12.3. The maximum atomic E-state index is 12.5. The minimum Gasteiger partial charge on any atom is -0.507 e. The molecule has 106 valence electrons. The average molecular weight is 291 g/mol. The molecule has 0 fully saturated rings. The summed E-state index contributed by atoms with van der Waals surface area (Å²) in [5, 5.41) is 11.9. The van der Waals surface area contributed by atoms with Crippen LogP contribution in [0.3, 0.4) is 0 Å². The zero-order valence-electron chi connectivity index (χ0n) is 11.5. The molecule has 1 heterocycles. The van der Waals surface area contributed by atoms with Crippen molar-refractivity contribution in [2.24, 2.45) is 0 Å². The van der Waals surface area contributed by atoms with E-state index in [1.807, 2.05) is 24.4 Å². The van der Waals surface area contributed by atoms with E-state index in [-0.39, 0.29) is 11.7 Å². The number of amides is 1. The summed E-state index contributed by atoms with van der Waals surface area (Å²) in [4.78, 5) is 15.3. The van der Waals surface area contributed by atoms with Gasteiger partial charge in [0.15, 0.2) is 0 Å². The number of rotatable bonds is 5. The predicted octanol–water partition coefficient (Wildman–Crippen LogP) is 3.12. The number of nitrogens with zero attached hydrogens (tertiary/aromatic N) is 1. The van der Waals surface area contributed by atoms with Crippen LogP contribution in [-0.4, -0.2) is 29.6 Å². The first-order chi connectivity index (χ1) is 9.65. The third kappa shape index (κ3) is 3.11.